The number of pyridine rings is 1. The highest BCUT2D eigenvalue weighted by atomic mass is 127. The van der Waals surface area contributed by atoms with Gasteiger partial charge in [-0.3, -0.25) is 4.98 Å². The van der Waals surface area contributed by atoms with Crippen molar-refractivity contribution in [3.63, 3.8) is 0 Å². The van der Waals surface area contributed by atoms with Gasteiger partial charge in [-0.1, -0.05) is 0 Å². The minimum Gasteiger partial charge on any atom is -0.396 e. The molecule has 0 fully saturated rings. The molecule has 0 bridgehead atoms. The van der Waals surface area contributed by atoms with E-state index in [9.17, 15) is 0 Å². The minimum atomic E-state index is 0.700. The monoisotopic (exact) mass is 313 g/mol. The number of hydrogen-bond acceptors (Lipinski definition) is 3. The van der Waals surface area contributed by atoms with Gasteiger partial charge in [-0.25, -0.2) is 0 Å². The molecule has 0 saturated heterocycles. The highest BCUT2D eigenvalue weighted by Gasteiger charge is 2.05. The second kappa shape index (κ2) is 4.22. The third-order valence-corrected chi connectivity index (χ3v) is 2.88. The fourth-order valence-electron chi connectivity index (χ4n) is 1.55. The molecule has 1 aromatic carbocycles. The number of halogens is 1. The standard InChI is InChI=1S/C11H12IN3/c1-2-14-11-8-5-7(12)3-4-10(8)15-6-9(11)13/h3-6H,2,13H2,1H3,(H,14,15). The molecule has 2 aromatic rings. The number of nitrogens with one attached hydrogen (secondary N) is 1. The first-order valence-electron chi connectivity index (χ1n) is 4.80. The summed E-state index contributed by atoms with van der Waals surface area (Å²) in [5.74, 6) is 0. The molecule has 0 unspecified atom stereocenters. The lowest BCUT2D eigenvalue weighted by molar-refractivity contribution is 1.21. The molecule has 3 nitrogen and oxygen atoms in total. The van der Waals surface area contributed by atoms with E-state index in [2.05, 4.69) is 45.9 Å². The van der Waals surface area contributed by atoms with Gasteiger partial charge in [0.1, 0.15) is 0 Å². The first-order chi connectivity index (χ1) is 7.22. The van der Waals surface area contributed by atoms with E-state index in [-0.39, 0.29) is 0 Å². The molecule has 0 aliphatic carbocycles. The molecule has 78 valence electrons. The zero-order valence-electron chi connectivity index (χ0n) is 8.42. The van der Waals surface area contributed by atoms with Crippen LogP contribution in [0.3, 0.4) is 0 Å². The Morgan fingerprint density at radius 2 is 2.27 bits per heavy atom. The Bertz CT molecular complexity index is 491. The Morgan fingerprint density at radius 3 is 3.00 bits per heavy atom. The molecule has 0 aliphatic heterocycles. The van der Waals surface area contributed by atoms with Crippen molar-refractivity contribution in [2.75, 3.05) is 17.6 Å². The summed E-state index contributed by atoms with van der Waals surface area (Å²) >= 11 is 2.29. The molecule has 0 aliphatic rings. The van der Waals surface area contributed by atoms with E-state index < -0.39 is 0 Å². The highest BCUT2D eigenvalue weighted by molar-refractivity contribution is 14.1. The Labute approximate surface area is 102 Å². The van der Waals surface area contributed by atoms with Crippen molar-refractivity contribution in [1.82, 2.24) is 4.98 Å². The van der Waals surface area contributed by atoms with Crippen molar-refractivity contribution in [2.45, 2.75) is 6.92 Å². The minimum absolute atomic E-state index is 0.700. The molecular weight excluding hydrogens is 301 g/mol. The number of fused-ring (bicyclic) bond motifs is 1. The van der Waals surface area contributed by atoms with Crippen LogP contribution in [-0.4, -0.2) is 11.5 Å². The molecule has 0 spiro atoms. The maximum Gasteiger partial charge on any atom is 0.0743 e. The summed E-state index contributed by atoms with van der Waals surface area (Å²) in [5.41, 5.74) is 8.56. The number of nitrogen functional groups attached to an aromatic ring is 1. The molecule has 4 heteroatoms. The van der Waals surface area contributed by atoms with Gasteiger partial charge in [0.2, 0.25) is 0 Å². The number of nitrogens with two attached hydrogens (primary N) is 1. The molecule has 0 radical (unpaired) electrons. The van der Waals surface area contributed by atoms with E-state index in [1.54, 1.807) is 6.20 Å². The van der Waals surface area contributed by atoms with Gasteiger partial charge < -0.3 is 11.1 Å². The molecule has 1 aromatic heterocycles. The van der Waals surface area contributed by atoms with Gasteiger partial charge in [0, 0.05) is 15.5 Å². The molecule has 15 heavy (non-hydrogen) atoms. The number of nitrogens with zero attached hydrogens (tertiary/aromatic N) is 1. The predicted octanol–water partition coefficient (Wildman–Crippen LogP) is 2.85. The number of aromatic nitrogens is 1. The predicted molar refractivity (Wildman–Crippen MR) is 73.0 cm³/mol. The summed E-state index contributed by atoms with van der Waals surface area (Å²) in [6.45, 7) is 2.91. The lowest BCUT2D eigenvalue weighted by Gasteiger charge is -2.10. The number of anilines is 2. The maximum absolute atomic E-state index is 5.90. The third kappa shape index (κ3) is 1.99. The van der Waals surface area contributed by atoms with E-state index in [4.69, 9.17) is 5.73 Å². The van der Waals surface area contributed by atoms with E-state index in [0.717, 1.165) is 23.1 Å². The van der Waals surface area contributed by atoms with Crippen molar-refractivity contribution >= 4 is 44.9 Å². The molecule has 1 heterocycles. The summed E-state index contributed by atoms with van der Waals surface area (Å²) in [7, 11) is 0. The topological polar surface area (TPSA) is 50.9 Å². The van der Waals surface area contributed by atoms with Crippen LogP contribution >= 0.6 is 22.6 Å². The van der Waals surface area contributed by atoms with E-state index in [1.807, 2.05) is 12.1 Å². The third-order valence-electron chi connectivity index (χ3n) is 2.21. The van der Waals surface area contributed by atoms with E-state index >= 15 is 0 Å². The lowest BCUT2D eigenvalue weighted by Crippen LogP contribution is -2.02. The number of rotatable bonds is 2. The van der Waals surface area contributed by atoms with E-state index in [1.165, 1.54) is 3.57 Å². The van der Waals surface area contributed by atoms with Crippen LogP contribution in [0.15, 0.2) is 24.4 Å². The van der Waals surface area contributed by atoms with Crippen LogP contribution < -0.4 is 11.1 Å². The Kier molecular flexibility index (Phi) is 2.95. The van der Waals surface area contributed by atoms with Gasteiger partial charge in [-0.15, -0.1) is 0 Å². The largest absolute Gasteiger partial charge is 0.396 e. The van der Waals surface area contributed by atoms with Crippen molar-refractivity contribution < 1.29 is 0 Å². The molecular formula is C11H12IN3. The summed E-state index contributed by atoms with van der Waals surface area (Å²) in [6, 6.07) is 6.15. The Balaban J connectivity index is 2.72. The van der Waals surface area contributed by atoms with Gasteiger partial charge in [-0.2, -0.15) is 0 Å². The number of benzene rings is 1. The number of hydrogen-bond donors (Lipinski definition) is 2. The van der Waals surface area contributed by atoms with Crippen LogP contribution in [0.4, 0.5) is 11.4 Å². The first kappa shape index (κ1) is 10.5. The molecule has 3 N–H and O–H groups in total. The second-order valence-electron chi connectivity index (χ2n) is 3.28. The highest BCUT2D eigenvalue weighted by Crippen LogP contribution is 2.28. The maximum atomic E-state index is 5.90. The zero-order valence-corrected chi connectivity index (χ0v) is 10.6. The average molecular weight is 313 g/mol. The van der Waals surface area contributed by atoms with Crippen LogP contribution in [0.2, 0.25) is 0 Å². The second-order valence-corrected chi connectivity index (χ2v) is 4.53. The van der Waals surface area contributed by atoms with Crippen molar-refractivity contribution in [2.24, 2.45) is 0 Å². The van der Waals surface area contributed by atoms with E-state index in [0.29, 0.717) is 5.69 Å². The summed E-state index contributed by atoms with van der Waals surface area (Å²) < 4.78 is 1.19. The van der Waals surface area contributed by atoms with Crippen molar-refractivity contribution in [3.8, 4) is 0 Å². The van der Waals surface area contributed by atoms with Crippen molar-refractivity contribution in [1.29, 1.82) is 0 Å². The normalized spacial score (nSPS) is 10.5. The Hall–Kier alpha value is -1.04. The SMILES string of the molecule is CCNc1c(N)cnc2ccc(I)cc12. The van der Waals surface area contributed by atoms with Gasteiger partial charge >= 0.3 is 0 Å². The van der Waals surface area contributed by atoms with Gasteiger partial charge in [0.05, 0.1) is 23.1 Å². The van der Waals surface area contributed by atoms with Gasteiger partial charge in [0.25, 0.3) is 0 Å². The first-order valence-corrected chi connectivity index (χ1v) is 5.88. The lowest BCUT2D eigenvalue weighted by atomic mass is 10.1. The quantitative estimate of drug-likeness (QED) is 0.838. The molecule has 0 saturated carbocycles. The fraction of sp³-hybridized carbons (Fsp3) is 0.182. The smallest absolute Gasteiger partial charge is 0.0743 e. The van der Waals surface area contributed by atoms with Crippen LogP contribution in [0.5, 0.6) is 0 Å². The summed E-state index contributed by atoms with van der Waals surface area (Å²) in [5, 5.41) is 4.36. The van der Waals surface area contributed by atoms with Crippen LogP contribution in [0.1, 0.15) is 6.92 Å². The fourth-order valence-corrected chi connectivity index (χ4v) is 2.05. The zero-order chi connectivity index (χ0) is 10.8. The average Bonchev–Trinajstić information content (AvgIpc) is 2.23. The molecule has 2 rings (SSSR count). The van der Waals surface area contributed by atoms with Gasteiger partial charge in [-0.05, 0) is 47.7 Å². The summed E-state index contributed by atoms with van der Waals surface area (Å²) in [6.07, 6.45) is 1.70. The van der Waals surface area contributed by atoms with Crippen LogP contribution in [0.25, 0.3) is 10.9 Å². The Morgan fingerprint density at radius 1 is 1.47 bits per heavy atom. The van der Waals surface area contributed by atoms with Crippen LogP contribution in [-0.2, 0) is 0 Å². The van der Waals surface area contributed by atoms with Gasteiger partial charge in [0.15, 0.2) is 0 Å². The van der Waals surface area contributed by atoms with Crippen LogP contribution in [0, 0.1) is 3.57 Å². The van der Waals surface area contributed by atoms with Crippen molar-refractivity contribution in [3.05, 3.63) is 28.0 Å². The summed E-state index contributed by atoms with van der Waals surface area (Å²) in [4.78, 5) is 4.30. The molecule has 0 amide bonds. The molecule has 0 atom stereocenters.